The maximum atomic E-state index is 12.4. The summed E-state index contributed by atoms with van der Waals surface area (Å²) in [6.07, 6.45) is 2.21. The first-order valence-electron chi connectivity index (χ1n) is 10.1. The predicted molar refractivity (Wildman–Crippen MR) is 114 cm³/mol. The standard InChI is InChI=1S/C21H22N8O2/c1-12-10-13(2)22-20-18(12)21(25-28(20)3)31-11-17(30)23-15-6-4-14(5-7-15)19-24-26-27-29(19)16-8-9-16/h4-7,10,16H,8-9,11H2,1-3H3,(H,23,30). The van der Waals surface area contributed by atoms with Gasteiger partial charge in [-0.15, -0.1) is 10.2 Å². The van der Waals surface area contributed by atoms with Crippen LogP contribution in [0.2, 0.25) is 0 Å². The fourth-order valence-corrected chi connectivity index (χ4v) is 3.63. The van der Waals surface area contributed by atoms with Crippen molar-refractivity contribution in [1.82, 2.24) is 35.0 Å². The largest absolute Gasteiger partial charge is 0.466 e. The van der Waals surface area contributed by atoms with Crippen LogP contribution in [0.5, 0.6) is 5.88 Å². The molecule has 0 unspecified atom stereocenters. The molecule has 5 rings (SSSR count). The molecule has 10 heteroatoms. The molecule has 1 aromatic carbocycles. The van der Waals surface area contributed by atoms with Gasteiger partial charge in [0, 0.05) is 24.0 Å². The van der Waals surface area contributed by atoms with Crippen molar-refractivity contribution in [2.24, 2.45) is 7.05 Å². The third-order valence-electron chi connectivity index (χ3n) is 5.24. The van der Waals surface area contributed by atoms with Crippen molar-refractivity contribution in [2.45, 2.75) is 32.7 Å². The number of nitrogens with zero attached hydrogens (tertiary/aromatic N) is 7. The molecule has 0 bridgehead atoms. The van der Waals surface area contributed by atoms with E-state index in [1.807, 2.05) is 55.9 Å². The zero-order valence-corrected chi connectivity index (χ0v) is 17.5. The Morgan fingerprint density at radius 3 is 2.74 bits per heavy atom. The van der Waals surface area contributed by atoms with Crippen LogP contribution < -0.4 is 10.1 Å². The lowest BCUT2D eigenvalue weighted by molar-refractivity contribution is -0.118. The summed E-state index contributed by atoms with van der Waals surface area (Å²) < 4.78 is 9.23. The SMILES string of the molecule is Cc1cc(C)c2c(OCC(=O)Nc3ccc(-c4nnnn4C4CC4)cc3)nn(C)c2n1. The molecule has 1 aliphatic carbocycles. The number of rotatable bonds is 6. The molecule has 1 aliphatic rings. The van der Waals surface area contributed by atoms with Crippen molar-refractivity contribution < 1.29 is 9.53 Å². The van der Waals surface area contributed by atoms with E-state index < -0.39 is 0 Å². The minimum absolute atomic E-state index is 0.152. The first-order valence-corrected chi connectivity index (χ1v) is 10.1. The number of amides is 1. The van der Waals surface area contributed by atoms with Gasteiger partial charge in [0.05, 0.1) is 11.4 Å². The van der Waals surface area contributed by atoms with Gasteiger partial charge in [0.15, 0.2) is 18.1 Å². The van der Waals surface area contributed by atoms with Gasteiger partial charge in [0.1, 0.15) is 0 Å². The molecule has 1 fully saturated rings. The van der Waals surface area contributed by atoms with Gasteiger partial charge in [0.25, 0.3) is 5.91 Å². The molecule has 0 saturated heterocycles. The average molecular weight is 418 g/mol. The second-order valence-electron chi connectivity index (χ2n) is 7.80. The number of aryl methyl sites for hydroxylation is 3. The average Bonchev–Trinajstić information content (AvgIpc) is 3.38. The van der Waals surface area contributed by atoms with Gasteiger partial charge < -0.3 is 10.1 Å². The molecule has 0 radical (unpaired) electrons. The number of benzene rings is 1. The number of fused-ring (bicyclic) bond motifs is 1. The fourth-order valence-electron chi connectivity index (χ4n) is 3.63. The highest BCUT2D eigenvalue weighted by Crippen LogP contribution is 2.36. The zero-order chi connectivity index (χ0) is 21.5. The molecule has 4 aromatic rings. The van der Waals surface area contributed by atoms with E-state index >= 15 is 0 Å². The van der Waals surface area contributed by atoms with Crippen LogP contribution in [-0.4, -0.2) is 47.5 Å². The first-order chi connectivity index (χ1) is 15.0. The Morgan fingerprint density at radius 2 is 2.00 bits per heavy atom. The van der Waals surface area contributed by atoms with E-state index in [9.17, 15) is 4.79 Å². The number of hydrogen-bond donors (Lipinski definition) is 1. The normalized spacial score (nSPS) is 13.5. The Morgan fingerprint density at radius 1 is 1.23 bits per heavy atom. The molecule has 158 valence electrons. The monoisotopic (exact) mass is 418 g/mol. The molecule has 3 heterocycles. The summed E-state index contributed by atoms with van der Waals surface area (Å²) in [6, 6.07) is 9.80. The van der Waals surface area contributed by atoms with E-state index in [0.717, 1.165) is 46.5 Å². The summed E-state index contributed by atoms with van der Waals surface area (Å²) in [6.45, 7) is 3.76. The van der Waals surface area contributed by atoms with Crippen molar-refractivity contribution in [3.63, 3.8) is 0 Å². The summed E-state index contributed by atoms with van der Waals surface area (Å²) in [5.41, 5.74) is 4.23. The smallest absolute Gasteiger partial charge is 0.262 e. The number of nitrogens with one attached hydrogen (secondary N) is 1. The Kier molecular flexibility index (Phi) is 4.61. The van der Waals surface area contributed by atoms with Crippen LogP contribution in [0.3, 0.4) is 0 Å². The molecular weight excluding hydrogens is 396 g/mol. The molecule has 0 aliphatic heterocycles. The number of carbonyl (C=O) groups excluding carboxylic acids is 1. The highest BCUT2D eigenvalue weighted by atomic mass is 16.5. The molecule has 1 saturated carbocycles. The van der Waals surface area contributed by atoms with Gasteiger partial charge >= 0.3 is 0 Å². The van der Waals surface area contributed by atoms with Crippen LogP contribution in [0.1, 0.15) is 30.1 Å². The van der Waals surface area contributed by atoms with Gasteiger partial charge in [-0.2, -0.15) is 0 Å². The summed E-state index contributed by atoms with van der Waals surface area (Å²) in [7, 11) is 1.81. The molecule has 0 atom stereocenters. The number of anilines is 1. The first kappa shape index (κ1) is 19.2. The van der Waals surface area contributed by atoms with Crippen LogP contribution in [0.25, 0.3) is 22.4 Å². The Bertz CT molecular complexity index is 1270. The van der Waals surface area contributed by atoms with E-state index in [0.29, 0.717) is 17.6 Å². The summed E-state index contributed by atoms with van der Waals surface area (Å²) in [4.78, 5) is 16.9. The van der Waals surface area contributed by atoms with Gasteiger partial charge in [-0.1, -0.05) is 0 Å². The van der Waals surface area contributed by atoms with Gasteiger partial charge in [-0.3, -0.25) is 4.79 Å². The predicted octanol–water partition coefficient (Wildman–Crippen LogP) is 2.59. The van der Waals surface area contributed by atoms with Gasteiger partial charge in [-0.25, -0.2) is 14.3 Å². The van der Waals surface area contributed by atoms with E-state index in [-0.39, 0.29) is 12.5 Å². The summed E-state index contributed by atoms with van der Waals surface area (Å²) in [5.74, 6) is 0.872. The molecular formula is C21H22N8O2. The van der Waals surface area contributed by atoms with Crippen molar-refractivity contribution in [3.05, 3.63) is 41.6 Å². The second-order valence-corrected chi connectivity index (χ2v) is 7.80. The van der Waals surface area contributed by atoms with Crippen LogP contribution in [0.15, 0.2) is 30.3 Å². The molecule has 31 heavy (non-hydrogen) atoms. The van der Waals surface area contributed by atoms with Crippen LogP contribution >= 0.6 is 0 Å². The van der Waals surface area contributed by atoms with Crippen molar-refractivity contribution in [2.75, 3.05) is 11.9 Å². The van der Waals surface area contributed by atoms with Crippen LogP contribution in [0, 0.1) is 13.8 Å². The maximum Gasteiger partial charge on any atom is 0.262 e. The van der Waals surface area contributed by atoms with Gasteiger partial charge in [-0.05, 0) is 73.0 Å². The lowest BCUT2D eigenvalue weighted by Gasteiger charge is -2.08. The molecule has 0 spiro atoms. The van der Waals surface area contributed by atoms with E-state index in [4.69, 9.17) is 4.74 Å². The fraction of sp³-hybridized carbons (Fsp3) is 0.333. The summed E-state index contributed by atoms with van der Waals surface area (Å²) >= 11 is 0. The van der Waals surface area contributed by atoms with E-state index in [1.165, 1.54) is 0 Å². The molecule has 10 nitrogen and oxygen atoms in total. The number of ether oxygens (including phenoxy) is 1. The highest BCUT2D eigenvalue weighted by Gasteiger charge is 2.28. The minimum Gasteiger partial charge on any atom is -0.466 e. The number of pyridine rings is 1. The number of hydrogen-bond acceptors (Lipinski definition) is 7. The van der Waals surface area contributed by atoms with Crippen molar-refractivity contribution in [3.8, 4) is 17.3 Å². The lowest BCUT2D eigenvalue weighted by atomic mass is 10.2. The van der Waals surface area contributed by atoms with Crippen molar-refractivity contribution >= 4 is 22.6 Å². The number of carbonyl (C=O) groups is 1. The highest BCUT2D eigenvalue weighted by molar-refractivity contribution is 5.92. The van der Waals surface area contributed by atoms with E-state index in [2.05, 4.69) is 30.9 Å². The minimum atomic E-state index is -0.271. The third kappa shape index (κ3) is 3.72. The van der Waals surface area contributed by atoms with Crippen LogP contribution in [-0.2, 0) is 11.8 Å². The number of aromatic nitrogens is 7. The van der Waals surface area contributed by atoms with Crippen LogP contribution in [0.4, 0.5) is 5.69 Å². The number of tetrazole rings is 1. The maximum absolute atomic E-state index is 12.4. The molecule has 3 aromatic heterocycles. The Balaban J connectivity index is 1.25. The van der Waals surface area contributed by atoms with Crippen molar-refractivity contribution in [1.29, 1.82) is 0 Å². The second kappa shape index (κ2) is 7.46. The zero-order valence-electron chi connectivity index (χ0n) is 17.5. The summed E-state index contributed by atoms with van der Waals surface area (Å²) in [5, 5.41) is 20.0. The third-order valence-corrected chi connectivity index (χ3v) is 5.24. The Labute approximate surface area is 178 Å². The van der Waals surface area contributed by atoms with E-state index in [1.54, 1.807) is 4.68 Å². The molecule has 1 N–H and O–H groups in total. The Hall–Kier alpha value is -3.82. The topological polar surface area (TPSA) is 113 Å². The molecule has 1 amide bonds. The lowest BCUT2D eigenvalue weighted by Crippen LogP contribution is -2.20. The van der Waals surface area contributed by atoms with Gasteiger partial charge in [0.2, 0.25) is 5.88 Å². The quantitative estimate of drug-likeness (QED) is 0.512.